The van der Waals surface area contributed by atoms with E-state index in [0.717, 1.165) is 6.07 Å². The van der Waals surface area contributed by atoms with E-state index in [0.29, 0.717) is 0 Å². The Morgan fingerprint density at radius 1 is 1.47 bits per heavy atom. The van der Waals surface area contributed by atoms with Crippen LogP contribution >= 0.6 is 11.6 Å². The molecule has 0 amide bonds. The largest absolute Gasteiger partial charge is 0.481 e. The van der Waals surface area contributed by atoms with Crippen molar-refractivity contribution >= 4 is 27.6 Å². The molecule has 8 heteroatoms. The molecule has 0 aromatic heterocycles. The highest BCUT2D eigenvalue weighted by Crippen LogP contribution is 2.21. The fourth-order valence-corrected chi connectivity index (χ4v) is 2.42. The number of carboxylic acid groups (broad SMARTS) is 1. The number of aliphatic carboxylic acids is 1. The van der Waals surface area contributed by atoms with E-state index < -0.39 is 26.7 Å². The van der Waals surface area contributed by atoms with E-state index in [9.17, 15) is 17.6 Å². The van der Waals surface area contributed by atoms with Crippen molar-refractivity contribution in [3.8, 4) is 0 Å². The molecule has 0 unspecified atom stereocenters. The van der Waals surface area contributed by atoms with Crippen LogP contribution < -0.4 is 4.72 Å². The number of nitrogens with one attached hydrogen (secondary N) is 1. The molecule has 1 rings (SSSR count). The topological polar surface area (TPSA) is 83.5 Å². The van der Waals surface area contributed by atoms with Crippen LogP contribution in [0.2, 0.25) is 5.02 Å². The van der Waals surface area contributed by atoms with Crippen molar-refractivity contribution in [1.29, 1.82) is 0 Å². The molecule has 0 aliphatic carbocycles. The third-order valence-corrected chi connectivity index (χ3v) is 3.61. The molecule has 0 heterocycles. The van der Waals surface area contributed by atoms with Gasteiger partial charge in [-0.25, -0.2) is 17.5 Å². The predicted molar refractivity (Wildman–Crippen MR) is 58.9 cm³/mol. The molecule has 0 aliphatic rings. The molecule has 0 radical (unpaired) electrons. The lowest BCUT2D eigenvalue weighted by Crippen LogP contribution is -2.27. The van der Waals surface area contributed by atoms with E-state index in [-0.39, 0.29) is 18.0 Å². The van der Waals surface area contributed by atoms with Crippen LogP contribution in [0.1, 0.15) is 6.42 Å². The van der Waals surface area contributed by atoms with E-state index >= 15 is 0 Å². The smallest absolute Gasteiger partial charge is 0.304 e. The molecule has 5 nitrogen and oxygen atoms in total. The Morgan fingerprint density at radius 3 is 2.71 bits per heavy atom. The number of carboxylic acids is 1. The number of hydrogen-bond donors (Lipinski definition) is 2. The summed E-state index contributed by atoms with van der Waals surface area (Å²) in [7, 11) is -4.08. The van der Waals surface area contributed by atoms with Gasteiger partial charge in [0, 0.05) is 6.54 Å². The van der Waals surface area contributed by atoms with E-state index in [1.54, 1.807) is 0 Å². The highest BCUT2D eigenvalue weighted by Gasteiger charge is 2.20. The molecule has 17 heavy (non-hydrogen) atoms. The molecule has 2 N–H and O–H groups in total. The molecule has 0 saturated heterocycles. The van der Waals surface area contributed by atoms with E-state index in [4.69, 9.17) is 16.7 Å². The average Bonchev–Trinajstić information content (AvgIpc) is 2.21. The normalized spacial score (nSPS) is 11.4. The van der Waals surface area contributed by atoms with Crippen LogP contribution in [0.5, 0.6) is 0 Å². The fraction of sp³-hybridized carbons (Fsp3) is 0.222. The van der Waals surface area contributed by atoms with Gasteiger partial charge in [0.1, 0.15) is 4.90 Å². The lowest BCUT2D eigenvalue weighted by atomic mass is 10.3. The first-order valence-corrected chi connectivity index (χ1v) is 6.36. The van der Waals surface area contributed by atoms with Gasteiger partial charge in [0.15, 0.2) is 5.82 Å². The Morgan fingerprint density at radius 2 is 2.12 bits per heavy atom. The lowest BCUT2D eigenvalue weighted by Gasteiger charge is -2.07. The highest BCUT2D eigenvalue weighted by atomic mass is 35.5. The first-order chi connectivity index (χ1) is 7.84. The van der Waals surface area contributed by atoms with Crippen LogP contribution in [-0.2, 0) is 14.8 Å². The minimum absolute atomic E-state index is 0.314. The van der Waals surface area contributed by atoms with Crippen LogP contribution in [0.15, 0.2) is 23.1 Å². The van der Waals surface area contributed by atoms with Gasteiger partial charge in [-0.15, -0.1) is 0 Å². The van der Waals surface area contributed by atoms with Crippen LogP contribution in [0.4, 0.5) is 4.39 Å². The van der Waals surface area contributed by atoms with Gasteiger partial charge < -0.3 is 5.11 Å². The number of halogens is 2. The second kappa shape index (κ2) is 5.44. The summed E-state index contributed by atoms with van der Waals surface area (Å²) in [6, 6.07) is 3.55. The number of hydrogen-bond acceptors (Lipinski definition) is 3. The Balaban J connectivity index is 2.90. The number of rotatable bonds is 5. The molecule has 0 bridgehead atoms. The zero-order valence-corrected chi connectivity index (χ0v) is 10.1. The van der Waals surface area contributed by atoms with Crippen molar-refractivity contribution in [2.24, 2.45) is 0 Å². The van der Waals surface area contributed by atoms with E-state index in [1.165, 1.54) is 12.1 Å². The third-order valence-electron chi connectivity index (χ3n) is 1.84. The standard InChI is InChI=1S/C9H9ClFNO4S/c10-6-2-1-3-7(9(6)11)17(15,16)12-5-4-8(13)14/h1-3,12H,4-5H2,(H,13,14). The van der Waals surface area contributed by atoms with Crippen LogP contribution in [0.25, 0.3) is 0 Å². The second-order valence-corrected chi connectivity index (χ2v) is 5.24. The summed E-state index contributed by atoms with van der Waals surface area (Å²) in [6.07, 6.45) is -0.387. The summed E-state index contributed by atoms with van der Waals surface area (Å²) in [6.45, 7) is -0.316. The van der Waals surface area contributed by atoms with Gasteiger partial charge in [0.2, 0.25) is 10.0 Å². The Bertz CT molecular complexity index is 532. The molecule has 94 valence electrons. The van der Waals surface area contributed by atoms with Crippen molar-refractivity contribution in [3.63, 3.8) is 0 Å². The van der Waals surface area contributed by atoms with Crippen LogP contribution in [-0.4, -0.2) is 26.0 Å². The summed E-state index contributed by atoms with van der Waals surface area (Å²) in [5.41, 5.74) is 0. The van der Waals surface area contributed by atoms with Gasteiger partial charge in [-0.1, -0.05) is 17.7 Å². The highest BCUT2D eigenvalue weighted by molar-refractivity contribution is 7.89. The quantitative estimate of drug-likeness (QED) is 0.850. The SMILES string of the molecule is O=C(O)CCNS(=O)(=O)c1cccc(Cl)c1F. The number of benzene rings is 1. The van der Waals surface area contributed by atoms with Gasteiger partial charge >= 0.3 is 5.97 Å². The van der Waals surface area contributed by atoms with Crippen molar-refractivity contribution in [2.45, 2.75) is 11.3 Å². The van der Waals surface area contributed by atoms with Gasteiger partial charge in [-0.2, -0.15) is 0 Å². The Hall–Kier alpha value is -1.18. The molecule has 0 aliphatic heterocycles. The van der Waals surface area contributed by atoms with E-state index in [1.807, 2.05) is 4.72 Å². The summed E-state index contributed by atoms with van der Waals surface area (Å²) in [5, 5.41) is 8.04. The van der Waals surface area contributed by atoms with Gasteiger partial charge in [0.25, 0.3) is 0 Å². The first-order valence-electron chi connectivity index (χ1n) is 4.50. The zero-order valence-electron chi connectivity index (χ0n) is 8.48. The predicted octanol–water partition coefficient (Wildman–Crippen LogP) is 1.23. The summed E-state index contributed by atoms with van der Waals surface area (Å²) >= 11 is 5.44. The average molecular weight is 282 g/mol. The molecule has 0 atom stereocenters. The maximum absolute atomic E-state index is 13.4. The van der Waals surface area contributed by atoms with E-state index in [2.05, 4.69) is 0 Å². The van der Waals surface area contributed by atoms with Crippen LogP contribution in [0.3, 0.4) is 0 Å². The summed E-state index contributed by atoms with van der Waals surface area (Å²) < 4.78 is 38.6. The summed E-state index contributed by atoms with van der Waals surface area (Å²) in [4.78, 5) is 9.61. The zero-order chi connectivity index (χ0) is 13.1. The fourth-order valence-electron chi connectivity index (χ4n) is 1.06. The Labute approximate surface area is 102 Å². The molecule has 1 aromatic carbocycles. The number of carbonyl (C=O) groups is 1. The second-order valence-electron chi connectivity index (χ2n) is 3.09. The molecule has 0 spiro atoms. The summed E-state index contributed by atoms with van der Waals surface area (Å²) in [5.74, 6) is -2.21. The van der Waals surface area contributed by atoms with Gasteiger partial charge in [-0.05, 0) is 12.1 Å². The molecular formula is C9H9ClFNO4S. The van der Waals surface area contributed by atoms with Crippen molar-refractivity contribution in [3.05, 3.63) is 29.0 Å². The maximum Gasteiger partial charge on any atom is 0.304 e. The molecule has 0 saturated carbocycles. The van der Waals surface area contributed by atoms with Crippen molar-refractivity contribution < 1.29 is 22.7 Å². The van der Waals surface area contributed by atoms with Gasteiger partial charge in [0.05, 0.1) is 11.4 Å². The maximum atomic E-state index is 13.4. The van der Waals surface area contributed by atoms with Crippen molar-refractivity contribution in [2.75, 3.05) is 6.54 Å². The first kappa shape index (κ1) is 13.9. The van der Waals surface area contributed by atoms with Crippen molar-refractivity contribution in [1.82, 2.24) is 4.72 Å². The minimum Gasteiger partial charge on any atom is -0.481 e. The molecule has 1 aromatic rings. The Kier molecular flexibility index (Phi) is 4.44. The molecule has 0 fully saturated rings. The number of sulfonamides is 1. The monoisotopic (exact) mass is 281 g/mol. The lowest BCUT2D eigenvalue weighted by molar-refractivity contribution is -0.136. The van der Waals surface area contributed by atoms with Gasteiger partial charge in [-0.3, -0.25) is 4.79 Å². The minimum atomic E-state index is -4.08. The van der Waals surface area contributed by atoms with Crippen LogP contribution in [0, 0.1) is 5.82 Å². The molecular weight excluding hydrogens is 273 g/mol. The third kappa shape index (κ3) is 3.65.